The van der Waals surface area contributed by atoms with Crippen LogP contribution in [0.25, 0.3) is 0 Å². The molecule has 3 aromatic carbocycles. The van der Waals surface area contributed by atoms with Crippen molar-refractivity contribution in [3.05, 3.63) is 101 Å². The number of carbonyl (C=O) groups is 3. The van der Waals surface area contributed by atoms with Crippen LogP contribution in [0.2, 0.25) is 0 Å². The number of fused-ring (bicyclic) bond motifs is 1. The summed E-state index contributed by atoms with van der Waals surface area (Å²) in [6.07, 6.45) is 0. The zero-order valence-corrected chi connectivity index (χ0v) is 17.4. The van der Waals surface area contributed by atoms with Crippen molar-refractivity contribution in [1.82, 2.24) is 9.80 Å². The van der Waals surface area contributed by atoms with Gasteiger partial charge in [-0.2, -0.15) is 0 Å². The van der Waals surface area contributed by atoms with Gasteiger partial charge in [0, 0.05) is 13.6 Å². The summed E-state index contributed by atoms with van der Waals surface area (Å²) in [6.45, 7) is 0.532. The van der Waals surface area contributed by atoms with E-state index in [9.17, 15) is 14.4 Å². The van der Waals surface area contributed by atoms with E-state index in [2.05, 4.69) is 0 Å². The first-order valence-corrected chi connectivity index (χ1v) is 9.91. The number of nitrogens with zero attached hydrogens (tertiary/aromatic N) is 2. The molecule has 6 heteroatoms. The van der Waals surface area contributed by atoms with E-state index in [1.54, 1.807) is 54.4 Å². The van der Waals surface area contributed by atoms with Crippen molar-refractivity contribution in [2.24, 2.45) is 0 Å². The number of imide groups is 1. The SMILES string of the molecule is COc1ccc(CN2C(=O)c3ccccc3C2=O)cc1C(=O)N(C)Cc1ccccc1. The third-order valence-electron chi connectivity index (χ3n) is 5.32. The summed E-state index contributed by atoms with van der Waals surface area (Å²) in [5.74, 6) is -0.420. The van der Waals surface area contributed by atoms with Gasteiger partial charge >= 0.3 is 0 Å². The fraction of sp³-hybridized carbons (Fsp3) is 0.160. The number of amides is 3. The van der Waals surface area contributed by atoms with Crippen LogP contribution in [0.15, 0.2) is 72.8 Å². The fourth-order valence-electron chi connectivity index (χ4n) is 3.72. The van der Waals surface area contributed by atoms with Crippen LogP contribution in [0, 0.1) is 0 Å². The summed E-state index contributed by atoms with van der Waals surface area (Å²) in [4.78, 5) is 41.3. The lowest BCUT2D eigenvalue weighted by molar-refractivity contribution is 0.0642. The Hall–Kier alpha value is -3.93. The topological polar surface area (TPSA) is 66.9 Å². The summed E-state index contributed by atoms with van der Waals surface area (Å²) in [6, 6.07) is 21.6. The van der Waals surface area contributed by atoms with E-state index in [0.717, 1.165) is 5.56 Å². The molecule has 3 amide bonds. The molecule has 0 spiro atoms. The molecular weight excluding hydrogens is 392 g/mol. The van der Waals surface area contributed by atoms with Crippen molar-refractivity contribution < 1.29 is 19.1 Å². The highest BCUT2D eigenvalue weighted by Gasteiger charge is 2.35. The summed E-state index contributed by atoms with van der Waals surface area (Å²) >= 11 is 0. The van der Waals surface area contributed by atoms with Crippen molar-refractivity contribution in [2.75, 3.05) is 14.2 Å². The minimum absolute atomic E-state index is 0.0824. The Bertz CT molecular complexity index is 1120. The molecule has 0 bridgehead atoms. The first-order chi connectivity index (χ1) is 15.0. The Morgan fingerprint density at radius 1 is 0.871 bits per heavy atom. The molecule has 31 heavy (non-hydrogen) atoms. The molecule has 0 N–H and O–H groups in total. The standard InChI is InChI=1S/C25H22N2O4/c1-26(15-17-8-4-3-5-9-17)23(28)21-14-18(12-13-22(21)31-2)16-27-24(29)19-10-6-7-11-20(19)25(27)30/h3-14H,15-16H2,1-2H3. The first kappa shape index (κ1) is 20.3. The minimum Gasteiger partial charge on any atom is -0.496 e. The highest BCUT2D eigenvalue weighted by atomic mass is 16.5. The van der Waals surface area contributed by atoms with Crippen LogP contribution in [-0.2, 0) is 13.1 Å². The second-order valence-corrected chi connectivity index (χ2v) is 7.42. The molecule has 6 nitrogen and oxygen atoms in total. The molecule has 1 aliphatic heterocycles. The molecule has 0 aliphatic carbocycles. The van der Waals surface area contributed by atoms with E-state index < -0.39 is 0 Å². The van der Waals surface area contributed by atoms with Crippen LogP contribution in [0.5, 0.6) is 5.75 Å². The highest BCUT2D eigenvalue weighted by molar-refractivity contribution is 6.21. The zero-order valence-electron chi connectivity index (χ0n) is 17.4. The second-order valence-electron chi connectivity index (χ2n) is 7.42. The minimum atomic E-state index is -0.328. The lowest BCUT2D eigenvalue weighted by Crippen LogP contribution is -2.30. The van der Waals surface area contributed by atoms with Crippen LogP contribution < -0.4 is 4.74 Å². The van der Waals surface area contributed by atoms with Gasteiger partial charge in [-0.3, -0.25) is 19.3 Å². The predicted octanol–water partition coefficient (Wildman–Crippen LogP) is 3.76. The highest BCUT2D eigenvalue weighted by Crippen LogP contribution is 2.27. The van der Waals surface area contributed by atoms with Gasteiger partial charge < -0.3 is 9.64 Å². The van der Waals surface area contributed by atoms with Gasteiger partial charge in [-0.15, -0.1) is 0 Å². The molecule has 1 heterocycles. The van der Waals surface area contributed by atoms with E-state index >= 15 is 0 Å². The van der Waals surface area contributed by atoms with Crippen LogP contribution in [0.3, 0.4) is 0 Å². The van der Waals surface area contributed by atoms with E-state index in [1.165, 1.54) is 12.0 Å². The number of carbonyl (C=O) groups excluding carboxylic acids is 3. The summed E-state index contributed by atoms with van der Waals surface area (Å²) in [7, 11) is 3.23. The van der Waals surface area contributed by atoms with Crippen LogP contribution in [0.1, 0.15) is 42.2 Å². The van der Waals surface area contributed by atoms with Gasteiger partial charge in [0.2, 0.25) is 0 Å². The van der Waals surface area contributed by atoms with Crippen molar-refractivity contribution in [2.45, 2.75) is 13.1 Å². The molecule has 0 unspecified atom stereocenters. The van der Waals surface area contributed by atoms with Crippen LogP contribution >= 0.6 is 0 Å². The quantitative estimate of drug-likeness (QED) is 0.576. The smallest absolute Gasteiger partial charge is 0.261 e. The molecule has 156 valence electrons. The first-order valence-electron chi connectivity index (χ1n) is 9.91. The van der Waals surface area contributed by atoms with Crippen molar-refractivity contribution >= 4 is 17.7 Å². The Balaban J connectivity index is 1.57. The molecule has 0 saturated carbocycles. The monoisotopic (exact) mass is 414 g/mol. The third-order valence-corrected chi connectivity index (χ3v) is 5.32. The molecule has 1 aliphatic rings. The van der Waals surface area contributed by atoms with Crippen molar-refractivity contribution in [1.29, 1.82) is 0 Å². The lowest BCUT2D eigenvalue weighted by atomic mass is 10.1. The maximum atomic E-state index is 13.1. The van der Waals surface area contributed by atoms with Gasteiger partial charge in [0.05, 0.1) is 30.3 Å². The third kappa shape index (κ3) is 3.92. The van der Waals surface area contributed by atoms with Crippen LogP contribution in [-0.4, -0.2) is 41.7 Å². The number of hydrogen-bond acceptors (Lipinski definition) is 4. The fourth-order valence-corrected chi connectivity index (χ4v) is 3.72. The zero-order chi connectivity index (χ0) is 22.0. The number of benzene rings is 3. The Morgan fingerprint density at radius 3 is 2.10 bits per heavy atom. The number of hydrogen-bond donors (Lipinski definition) is 0. The second kappa shape index (κ2) is 8.44. The molecule has 0 radical (unpaired) electrons. The predicted molar refractivity (Wildman–Crippen MR) is 116 cm³/mol. The molecule has 0 aromatic heterocycles. The molecule has 0 fully saturated rings. The molecule has 3 aromatic rings. The Morgan fingerprint density at radius 2 is 1.48 bits per heavy atom. The number of rotatable bonds is 6. The van der Waals surface area contributed by atoms with E-state index in [-0.39, 0.29) is 24.3 Å². The largest absolute Gasteiger partial charge is 0.496 e. The van der Waals surface area contributed by atoms with Gasteiger partial charge in [-0.25, -0.2) is 0 Å². The van der Waals surface area contributed by atoms with Gasteiger partial charge in [-0.1, -0.05) is 48.5 Å². The molecule has 0 atom stereocenters. The van der Waals surface area contributed by atoms with Crippen LogP contribution in [0.4, 0.5) is 0 Å². The average molecular weight is 414 g/mol. The summed E-state index contributed by atoms with van der Waals surface area (Å²) < 4.78 is 5.39. The molecule has 4 rings (SSSR count). The van der Waals surface area contributed by atoms with Gasteiger partial charge in [-0.05, 0) is 35.4 Å². The van der Waals surface area contributed by atoms with Crippen molar-refractivity contribution in [3.63, 3.8) is 0 Å². The number of ether oxygens (including phenoxy) is 1. The van der Waals surface area contributed by atoms with Gasteiger partial charge in [0.25, 0.3) is 17.7 Å². The van der Waals surface area contributed by atoms with Crippen molar-refractivity contribution in [3.8, 4) is 5.75 Å². The maximum absolute atomic E-state index is 13.1. The van der Waals surface area contributed by atoms with E-state index in [1.807, 2.05) is 30.3 Å². The Labute approximate surface area is 180 Å². The normalized spacial score (nSPS) is 12.6. The summed E-state index contributed by atoms with van der Waals surface area (Å²) in [5.41, 5.74) is 2.88. The van der Waals surface area contributed by atoms with E-state index in [0.29, 0.717) is 34.5 Å². The molecular formula is C25H22N2O4. The average Bonchev–Trinajstić information content (AvgIpc) is 3.04. The lowest BCUT2D eigenvalue weighted by Gasteiger charge is -2.20. The summed E-state index contributed by atoms with van der Waals surface area (Å²) in [5, 5.41) is 0. The maximum Gasteiger partial charge on any atom is 0.261 e. The van der Waals surface area contributed by atoms with E-state index in [4.69, 9.17) is 4.74 Å². The van der Waals surface area contributed by atoms with Gasteiger partial charge in [0.1, 0.15) is 5.75 Å². The van der Waals surface area contributed by atoms with Gasteiger partial charge in [0.15, 0.2) is 0 Å². The molecule has 0 saturated heterocycles. The number of methoxy groups -OCH3 is 1. The Kier molecular flexibility index (Phi) is 5.54.